The smallest absolute Gasteiger partial charge is 0.331 e. The Morgan fingerprint density at radius 3 is 2.56 bits per heavy atom. The molecule has 0 bridgehead atoms. The van der Waals surface area contributed by atoms with Crippen molar-refractivity contribution in [2.75, 3.05) is 5.73 Å². The number of nitrogens with two attached hydrogens (primary N) is 1. The summed E-state index contributed by atoms with van der Waals surface area (Å²) in [4.78, 5) is 10.9. The topological polar surface area (TPSA) is 63.3 Å². The Labute approximate surface area is 99.5 Å². The average molecular weight is 240 g/mol. The van der Waals surface area contributed by atoms with Crippen LogP contribution < -0.4 is 5.73 Å². The number of halogens is 1. The fourth-order valence-corrected chi connectivity index (χ4v) is 1.66. The molecule has 86 valence electrons. The Morgan fingerprint density at radius 2 is 2.12 bits per heavy atom. The number of carboxylic acid groups (broad SMARTS) is 1. The number of nitrogen functional groups attached to an aromatic ring is 1. The minimum absolute atomic E-state index is 0.337. The summed E-state index contributed by atoms with van der Waals surface area (Å²) in [5, 5.41) is 9.43. The number of aliphatic carboxylic acids is 1. The van der Waals surface area contributed by atoms with Crippen molar-refractivity contribution in [2.45, 2.75) is 20.3 Å². The van der Waals surface area contributed by atoms with Crippen molar-refractivity contribution < 1.29 is 9.90 Å². The fraction of sp³-hybridized carbons (Fsp3) is 0.250. The molecule has 0 saturated heterocycles. The van der Waals surface area contributed by atoms with Gasteiger partial charge >= 0.3 is 5.97 Å². The number of carbonyl (C=O) groups is 1. The maximum atomic E-state index is 10.9. The first-order chi connectivity index (χ1) is 7.47. The van der Waals surface area contributed by atoms with Gasteiger partial charge < -0.3 is 10.8 Å². The van der Waals surface area contributed by atoms with Crippen LogP contribution in [-0.4, -0.2) is 11.1 Å². The van der Waals surface area contributed by atoms with Crippen molar-refractivity contribution >= 4 is 28.8 Å². The first-order valence-electron chi connectivity index (χ1n) is 4.95. The summed E-state index contributed by atoms with van der Waals surface area (Å²) in [7, 11) is 0. The molecule has 0 aromatic heterocycles. The molecule has 4 heteroatoms. The van der Waals surface area contributed by atoms with E-state index in [0.29, 0.717) is 22.7 Å². The maximum absolute atomic E-state index is 10.9. The van der Waals surface area contributed by atoms with Crippen LogP contribution in [-0.2, 0) is 4.79 Å². The molecule has 0 saturated carbocycles. The molecule has 3 nitrogen and oxygen atoms in total. The highest BCUT2D eigenvalue weighted by atomic mass is 35.5. The van der Waals surface area contributed by atoms with Crippen molar-refractivity contribution in [3.8, 4) is 0 Å². The summed E-state index contributed by atoms with van der Waals surface area (Å²) in [5.74, 6) is -0.912. The molecule has 0 amide bonds. The third-order valence-corrected chi connectivity index (χ3v) is 2.82. The molecule has 0 atom stereocenters. The number of rotatable bonds is 3. The van der Waals surface area contributed by atoms with Crippen LogP contribution in [0.4, 0.5) is 5.69 Å². The zero-order valence-corrected chi connectivity index (χ0v) is 10.0. The SMILES string of the molecule is CC/C(=C(\C)C(=O)O)c1ccc(Cl)c(N)c1. The molecular formula is C12H14ClNO2. The number of anilines is 1. The second-order valence-electron chi connectivity index (χ2n) is 3.50. The van der Waals surface area contributed by atoms with Crippen LogP contribution in [0.1, 0.15) is 25.8 Å². The van der Waals surface area contributed by atoms with Gasteiger partial charge in [-0.05, 0) is 36.6 Å². The van der Waals surface area contributed by atoms with E-state index in [2.05, 4.69) is 0 Å². The van der Waals surface area contributed by atoms with Crippen LogP contribution in [0.5, 0.6) is 0 Å². The second kappa shape index (κ2) is 5.03. The Balaban J connectivity index is 3.30. The van der Waals surface area contributed by atoms with Gasteiger partial charge in [-0.2, -0.15) is 0 Å². The number of allylic oxidation sites excluding steroid dienone is 1. The van der Waals surface area contributed by atoms with Crippen molar-refractivity contribution in [3.63, 3.8) is 0 Å². The molecule has 0 aliphatic rings. The van der Waals surface area contributed by atoms with Gasteiger partial charge in [0.05, 0.1) is 10.7 Å². The van der Waals surface area contributed by atoms with Gasteiger partial charge in [0, 0.05) is 5.57 Å². The molecule has 0 heterocycles. The first kappa shape index (κ1) is 12.6. The Morgan fingerprint density at radius 1 is 1.50 bits per heavy atom. The average Bonchev–Trinajstić information content (AvgIpc) is 2.24. The predicted octanol–water partition coefficient (Wildman–Crippen LogP) is 3.19. The third-order valence-electron chi connectivity index (χ3n) is 2.47. The van der Waals surface area contributed by atoms with Crippen molar-refractivity contribution in [2.24, 2.45) is 0 Å². The minimum atomic E-state index is -0.912. The molecule has 0 radical (unpaired) electrons. The van der Waals surface area contributed by atoms with E-state index in [1.54, 1.807) is 25.1 Å². The number of hydrogen-bond acceptors (Lipinski definition) is 2. The van der Waals surface area contributed by atoms with Crippen molar-refractivity contribution in [3.05, 3.63) is 34.4 Å². The molecule has 0 aliphatic heterocycles. The van der Waals surface area contributed by atoms with E-state index < -0.39 is 5.97 Å². The van der Waals surface area contributed by atoms with E-state index in [1.165, 1.54) is 0 Å². The van der Waals surface area contributed by atoms with Crippen molar-refractivity contribution in [1.29, 1.82) is 0 Å². The van der Waals surface area contributed by atoms with E-state index in [4.69, 9.17) is 22.4 Å². The summed E-state index contributed by atoms with van der Waals surface area (Å²) in [6, 6.07) is 5.16. The van der Waals surface area contributed by atoms with E-state index >= 15 is 0 Å². The lowest BCUT2D eigenvalue weighted by atomic mass is 9.98. The highest BCUT2D eigenvalue weighted by molar-refractivity contribution is 6.33. The molecule has 1 aromatic rings. The Kier molecular flexibility index (Phi) is 3.96. The number of hydrogen-bond donors (Lipinski definition) is 2. The molecule has 16 heavy (non-hydrogen) atoms. The van der Waals surface area contributed by atoms with E-state index in [1.807, 2.05) is 6.92 Å². The van der Waals surface area contributed by atoms with Gasteiger partial charge in [-0.25, -0.2) is 4.79 Å². The van der Waals surface area contributed by atoms with Gasteiger partial charge in [0.1, 0.15) is 0 Å². The normalized spacial score (nSPS) is 12.2. The molecule has 1 rings (SSSR count). The molecule has 0 fully saturated rings. The van der Waals surface area contributed by atoms with Crippen LogP contribution >= 0.6 is 11.6 Å². The van der Waals surface area contributed by atoms with Crippen LogP contribution in [0, 0.1) is 0 Å². The molecule has 0 unspecified atom stereocenters. The van der Waals surface area contributed by atoms with Gasteiger partial charge in [0.15, 0.2) is 0 Å². The quantitative estimate of drug-likeness (QED) is 0.629. The van der Waals surface area contributed by atoms with Gasteiger partial charge in [-0.15, -0.1) is 0 Å². The minimum Gasteiger partial charge on any atom is -0.478 e. The largest absolute Gasteiger partial charge is 0.478 e. The fourth-order valence-electron chi connectivity index (χ4n) is 1.55. The van der Waals surface area contributed by atoms with E-state index in [0.717, 1.165) is 11.1 Å². The summed E-state index contributed by atoms with van der Waals surface area (Å²) < 4.78 is 0. The monoisotopic (exact) mass is 239 g/mol. The van der Waals surface area contributed by atoms with Crippen LogP contribution in [0.3, 0.4) is 0 Å². The van der Waals surface area contributed by atoms with Crippen LogP contribution in [0.2, 0.25) is 5.02 Å². The second-order valence-corrected chi connectivity index (χ2v) is 3.91. The van der Waals surface area contributed by atoms with Gasteiger partial charge in [-0.3, -0.25) is 0 Å². The lowest BCUT2D eigenvalue weighted by Crippen LogP contribution is -2.01. The van der Waals surface area contributed by atoms with Crippen LogP contribution in [0.25, 0.3) is 5.57 Å². The zero-order valence-electron chi connectivity index (χ0n) is 9.25. The Bertz CT molecular complexity index is 452. The molecule has 0 aliphatic carbocycles. The standard InChI is InChI=1S/C12H14ClNO2/c1-3-9(7(2)12(15)16)8-4-5-10(13)11(14)6-8/h4-6H,3,14H2,1-2H3,(H,15,16)/b9-7-. The maximum Gasteiger partial charge on any atom is 0.331 e. The summed E-state index contributed by atoms with van der Waals surface area (Å²) in [6.45, 7) is 3.50. The van der Waals surface area contributed by atoms with Gasteiger partial charge in [0.2, 0.25) is 0 Å². The van der Waals surface area contributed by atoms with Crippen LogP contribution in [0.15, 0.2) is 23.8 Å². The predicted molar refractivity (Wildman–Crippen MR) is 66.4 cm³/mol. The molecule has 3 N–H and O–H groups in total. The summed E-state index contributed by atoms with van der Waals surface area (Å²) >= 11 is 5.81. The lowest BCUT2D eigenvalue weighted by molar-refractivity contribution is -0.132. The van der Waals surface area contributed by atoms with Crippen molar-refractivity contribution in [1.82, 2.24) is 0 Å². The first-order valence-corrected chi connectivity index (χ1v) is 5.33. The summed E-state index contributed by atoms with van der Waals surface area (Å²) in [5.41, 5.74) is 8.07. The lowest BCUT2D eigenvalue weighted by Gasteiger charge is -2.09. The zero-order chi connectivity index (χ0) is 12.3. The number of benzene rings is 1. The molecule has 1 aromatic carbocycles. The van der Waals surface area contributed by atoms with E-state index in [9.17, 15) is 4.79 Å². The molecule has 0 spiro atoms. The Hall–Kier alpha value is -1.48. The van der Waals surface area contributed by atoms with Gasteiger partial charge in [0.25, 0.3) is 0 Å². The highest BCUT2D eigenvalue weighted by Gasteiger charge is 2.10. The van der Waals surface area contributed by atoms with E-state index in [-0.39, 0.29) is 0 Å². The third kappa shape index (κ3) is 2.55. The number of carboxylic acids is 1. The highest BCUT2D eigenvalue weighted by Crippen LogP contribution is 2.27. The van der Waals surface area contributed by atoms with Gasteiger partial charge in [-0.1, -0.05) is 24.6 Å². The molecular weight excluding hydrogens is 226 g/mol. The summed E-state index contributed by atoms with van der Waals surface area (Å²) in [6.07, 6.45) is 0.638.